The summed E-state index contributed by atoms with van der Waals surface area (Å²) in [5.41, 5.74) is 6.66. The van der Waals surface area contributed by atoms with Gasteiger partial charge in [0.15, 0.2) is 5.84 Å². The molecule has 10 heteroatoms. The van der Waals surface area contributed by atoms with Crippen LogP contribution >= 0.6 is 11.6 Å². The summed E-state index contributed by atoms with van der Waals surface area (Å²) in [5, 5.41) is 12.7. The van der Waals surface area contributed by atoms with E-state index in [4.69, 9.17) is 22.1 Å². The number of methoxy groups -OCH3 is 1. The lowest BCUT2D eigenvalue weighted by Gasteiger charge is -2.30. The number of ether oxygens (including phenoxy) is 1. The highest BCUT2D eigenvalue weighted by Crippen LogP contribution is 2.57. The lowest BCUT2D eigenvalue weighted by molar-refractivity contribution is -0.146. The van der Waals surface area contributed by atoms with Gasteiger partial charge in [-0.1, -0.05) is 71.4 Å². The van der Waals surface area contributed by atoms with E-state index in [1.165, 1.54) is 19.2 Å². The van der Waals surface area contributed by atoms with Crippen LogP contribution in [-0.2, 0) is 19.6 Å². The quantitative estimate of drug-likeness (QED) is 0.155. The smallest absolute Gasteiger partial charge is 0.328 e. The average molecular weight is 514 g/mol. The first kappa shape index (κ1) is 24.7. The van der Waals surface area contributed by atoms with Crippen LogP contribution in [0, 0.1) is 0 Å². The summed E-state index contributed by atoms with van der Waals surface area (Å²) in [5.74, 6) is -1.52. The monoisotopic (exact) mass is 513 g/mol. The topological polar surface area (TPSA) is 122 Å². The maximum atomic E-state index is 13.9. The fourth-order valence-corrected chi connectivity index (χ4v) is 6.19. The summed E-state index contributed by atoms with van der Waals surface area (Å²) in [7, 11) is -3.06. The molecule has 0 spiro atoms. The molecule has 3 aromatic rings. The SMILES string of the molecule is COC(=O)[C@@]1(N(CC(N)=NO)S(=O)(=O)c2ccc(-c3ccc(Cl)cc3)cc2)C[C@H]1c1ccccc1. The van der Waals surface area contributed by atoms with E-state index in [-0.39, 0.29) is 17.2 Å². The number of benzene rings is 3. The Morgan fingerprint density at radius 2 is 1.66 bits per heavy atom. The zero-order chi connectivity index (χ0) is 25.2. The number of oxime groups is 1. The van der Waals surface area contributed by atoms with Crippen LogP contribution in [0.2, 0.25) is 5.02 Å². The number of esters is 1. The summed E-state index contributed by atoms with van der Waals surface area (Å²) in [6, 6.07) is 22.5. The van der Waals surface area contributed by atoms with E-state index in [0.29, 0.717) is 5.02 Å². The molecule has 0 heterocycles. The molecule has 0 aromatic heterocycles. The molecule has 3 aromatic carbocycles. The standard InChI is InChI=1S/C25H24ClN3O5S/c1-34-24(30)25(15-22(25)19-5-3-2-4-6-19)29(16-23(27)28-31)35(32,33)21-13-9-18(10-14-21)17-7-11-20(26)12-8-17/h2-14,22,31H,15-16H2,1H3,(H2,27,28)/t22-,25+/m0/s1. The summed E-state index contributed by atoms with van der Waals surface area (Å²) in [4.78, 5) is 13.0. The number of hydrogen-bond donors (Lipinski definition) is 2. The van der Waals surface area contributed by atoms with E-state index in [9.17, 15) is 18.4 Å². The van der Waals surface area contributed by atoms with Crippen LogP contribution in [0.5, 0.6) is 0 Å². The van der Waals surface area contributed by atoms with Gasteiger partial charge >= 0.3 is 5.97 Å². The molecular weight excluding hydrogens is 490 g/mol. The Bertz CT molecular complexity index is 1350. The van der Waals surface area contributed by atoms with Crippen LogP contribution in [0.25, 0.3) is 11.1 Å². The Kier molecular flexibility index (Phi) is 6.84. The Morgan fingerprint density at radius 1 is 1.09 bits per heavy atom. The van der Waals surface area contributed by atoms with E-state index in [1.54, 1.807) is 24.3 Å². The second-order valence-electron chi connectivity index (χ2n) is 8.22. The highest BCUT2D eigenvalue weighted by molar-refractivity contribution is 7.89. The molecule has 1 aliphatic carbocycles. The van der Waals surface area contributed by atoms with Crippen molar-refractivity contribution in [2.45, 2.75) is 22.8 Å². The van der Waals surface area contributed by atoms with Crippen molar-refractivity contribution in [3.05, 3.63) is 89.4 Å². The first-order valence-electron chi connectivity index (χ1n) is 10.7. The number of rotatable bonds is 8. The zero-order valence-electron chi connectivity index (χ0n) is 18.8. The number of halogens is 1. The fraction of sp³-hybridized carbons (Fsp3) is 0.200. The minimum absolute atomic E-state index is 0.0389. The number of carbonyl (C=O) groups excluding carboxylic acids is 1. The Hall–Kier alpha value is -3.40. The minimum Gasteiger partial charge on any atom is -0.468 e. The van der Waals surface area contributed by atoms with Gasteiger partial charge in [0.1, 0.15) is 5.54 Å². The van der Waals surface area contributed by atoms with Gasteiger partial charge in [0.25, 0.3) is 0 Å². The third-order valence-electron chi connectivity index (χ3n) is 6.17. The highest BCUT2D eigenvalue weighted by Gasteiger charge is 2.68. The first-order valence-corrected chi connectivity index (χ1v) is 12.5. The minimum atomic E-state index is -4.26. The summed E-state index contributed by atoms with van der Waals surface area (Å²) < 4.78 is 33.8. The Morgan fingerprint density at radius 3 is 2.20 bits per heavy atom. The maximum absolute atomic E-state index is 13.9. The molecule has 0 unspecified atom stereocenters. The second kappa shape index (κ2) is 9.69. The molecule has 0 aliphatic heterocycles. The molecule has 3 N–H and O–H groups in total. The number of nitrogens with two attached hydrogens (primary N) is 1. The van der Waals surface area contributed by atoms with Crippen molar-refractivity contribution >= 4 is 33.4 Å². The number of nitrogens with zero attached hydrogens (tertiary/aromatic N) is 2. The van der Waals surface area contributed by atoms with Gasteiger partial charge in [0.05, 0.1) is 18.6 Å². The van der Waals surface area contributed by atoms with Crippen molar-refractivity contribution in [2.75, 3.05) is 13.7 Å². The molecule has 0 amide bonds. The van der Waals surface area contributed by atoms with Gasteiger partial charge < -0.3 is 15.7 Å². The maximum Gasteiger partial charge on any atom is 0.328 e. The normalized spacial score (nSPS) is 20.0. The van der Waals surface area contributed by atoms with Crippen LogP contribution in [0.4, 0.5) is 0 Å². The van der Waals surface area contributed by atoms with E-state index >= 15 is 0 Å². The lowest BCUT2D eigenvalue weighted by atomic mass is 10.1. The van der Waals surface area contributed by atoms with E-state index < -0.39 is 34.0 Å². The third-order valence-corrected chi connectivity index (χ3v) is 8.33. The Labute approximate surface area is 208 Å². The van der Waals surface area contributed by atoms with Gasteiger partial charge in [-0.3, -0.25) is 0 Å². The molecule has 0 radical (unpaired) electrons. The van der Waals surface area contributed by atoms with Gasteiger partial charge in [-0.15, -0.1) is 0 Å². The molecule has 1 fully saturated rings. The van der Waals surface area contributed by atoms with Crippen LogP contribution < -0.4 is 5.73 Å². The van der Waals surface area contributed by atoms with E-state index in [2.05, 4.69) is 5.16 Å². The van der Waals surface area contributed by atoms with Crippen LogP contribution in [0.1, 0.15) is 17.9 Å². The molecule has 182 valence electrons. The van der Waals surface area contributed by atoms with Crippen LogP contribution in [-0.4, -0.2) is 48.9 Å². The summed E-state index contributed by atoms with van der Waals surface area (Å²) >= 11 is 5.95. The number of hydrogen-bond acceptors (Lipinski definition) is 6. The predicted molar refractivity (Wildman–Crippen MR) is 133 cm³/mol. The molecule has 0 saturated heterocycles. The van der Waals surface area contributed by atoms with E-state index in [1.807, 2.05) is 42.5 Å². The largest absolute Gasteiger partial charge is 0.468 e. The number of amidine groups is 1. The lowest BCUT2D eigenvalue weighted by Crippen LogP contribution is -2.52. The van der Waals surface area contributed by atoms with Crippen molar-refractivity contribution in [1.82, 2.24) is 4.31 Å². The molecule has 1 aliphatic rings. The van der Waals surface area contributed by atoms with Gasteiger partial charge in [-0.2, -0.15) is 4.31 Å². The molecule has 4 rings (SSSR count). The van der Waals surface area contributed by atoms with Crippen molar-refractivity contribution in [1.29, 1.82) is 0 Å². The van der Waals surface area contributed by atoms with Gasteiger partial charge in [0, 0.05) is 10.9 Å². The summed E-state index contributed by atoms with van der Waals surface area (Å²) in [6.07, 6.45) is 0.199. The van der Waals surface area contributed by atoms with Gasteiger partial charge in [0.2, 0.25) is 10.0 Å². The molecule has 1 saturated carbocycles. The highest BCUT2D eigenvalue weighted by atomic mass is 35.5. The Balaban J connectivity index is 1.76. The molecule has 2 atom stereocenters. The zero-order valence-corrected chi connectivity index (χ0v) is 20.4. The molecule has 8 nitrogen and oxygen atoms in total. The van der Waals surface area contributed by atoms with Crippen molar-refractivity contribution in [2.24, 2.45) is 10.9 Å². The van der Waals surface area contributed by atoms with Gasteiger partial charge in [-0.05, 0) is 47.4 Å². The van der Waals surface area contributed by atoms with E-state index in [0.717, 1.165) is 21.0 Å². The van der Waals surface area contributed by atoms with Crippen LogP contribution in [0.15, 0.2) is 88.9 Å². The molecule has 35 heavy (non-hydrogen) atoms. The summed E-state index contributed by atoms with van der Waals surface area (Å²) in [6.45, 7) is -0.490. The molecular formula is C25H24ClN3O5S. The average Bonchev–Trinajstić information content (AvgIpc) is 3.64. The number of carbonyl (C=O) groups is 1. The van der Waals surface area contributed by atoms with Crippen molar-refractivity contribution < 1.29 is 23.2 Å². The van der Waals surface area contributed by atoms with Crippen molar-refractivity contribution in [3.63, 3.8) is 0 Å². The van der Waals surface area contributed by atoms with Gasteiger partial charge in [-0.25, -0.2) is 13.2 Å². The predicted octanol–water partition coefficient (Wildman–Crippen LogP) is 3.84. The fourth-order valence-electron chi connectivity index (χ4n) is 4.32. The number of sulfonamides is 1. The second-order valence-corrected chi connectivity index (χ2v) is 10.5. The molecule has 0 bridgehead atoms. The third kappa shape index (κ3) is 4.62. The first-order chi connectivity index (χ1) is 16.7. The van der Waals surface area contributed by atoms with Crippen molar-refractivity contribution in [3.8, 4) is 11.1 Å². The van der Waals surface area contributed by atoms with Crippen LogP contribution in [0.3, 0.4) is 0 Å².